The van der Waals surface area contributed by atoms with Gasteiger partial charge in [-0.15, -0.1) is 0 Å². The van der Waals surface area contributed by atoms with Crippen LogP contribution in [0.2, 0.25) is 0 Å². The second-order valence-corrected chi connectivity index (χ2v) is 4.91. The summed E-state index contributed by atoms with van der Waals surface area (Å²) in [6.07, 6.45) is 1.15. The van der Waals surface area contributed by atoms with E-state index in [0.717, 1.165) is 31.6 Å². The summed E-state index contributed by atoms with van der Waals surface area (Å²) in [7, 11) is 0. The lowest BCUT2D eigenvalue weighted by Crippen LogP contribution is -2.31. The van der Waals surface area contributed by atoms with Gasteiger partial charge in [0.2, 0.25) is 0 Å². The first kappa shape index (κ1) is 12.5. The Labute approximate surface area is 103 Å². The molecule has 1 aliphatic rings. The normalized spacial score (nSPS) is 24.3. The Bertz CT molecular complexity index is 367. The molecule has 2 nitrogen and oxygen atoms in total. The van der Waals surface area contributed by atoms with E-state index in [4.69, 9.17) is 0 Å². The molecule has 0 radical (unpaired) electrons. The Hall–Kier alpha value is -0.930. The van der Waals surface area contributed by atoms with Gasteiger partial charge in [0.05, 0.1) is 0 Å². The minimum absolute atomic E-state index is 0.143. The molecule has 0 spiro atoms. The number of halogens is 1. The van der Waals surface area contributed by atoms with Crippen LogP contribution in [0.5, 0.6) is 0 Å². The van der Waals surface area contributed by atoms with Gasteiger partial charge in [0.1, 0.15) is 5.82 Å². The van der Waals surface area contributed by atoms with Crippen LogP contribution in [0.25, 0.3) is 0 Å². The lowest BCUT2D eigenvalue weighted by molar-refractivity contribution is 0.223. The van der Waals surface area contributed by atoms with Gasteiger partial charge in [-0.1, -0.05) is 12.1 Å². The second-order valence-electron chi connectivity index (χ2n) is 4.91. The molecule has 3 heteroatoms. The molecule has 0 aromatic heterocycles. The van der Waals surface area contributed by atoms with E-state index >= 15 is 0 Å². The maximum absolute atomic E-state index is 13.2. The van der Waals surface area contributed by atoms with Crippen LogP contribution in [0.1, 0.15) is 31.9 Å². The van der Waals surface area contributed by atoms with E-state index in [-0.39, 0.29) is 11.9 Å². The lowest BCUT2D eigenvalue weighted by Gasteiger charge is -2.27. The molecule has 2 rings (SSSR count). The van der Waals surface area contributed by atoms with Crippen molar-refractivity contribution in [2.45, 2.75) is 32.4 Å². The van der Waals surface area contributed by atoms with Crippen LogP contribution in [-0.2, 0) is 0 Å². The molecule has 1 aromatic rings. The Balaban J connectivity index is 2.06. The summed E-state index contributed by atoms with van der Waals surface area (Å²) in [6.45, 7) is 7.50. The zero-order chi connectivity index (χ0) is 12.3. The van der Waals surface area contributed by atoms with E-state index in [0.29, 0.717) is 6.04 Å². The van der Waals surface area contributed by atoms with E-state index in [1.165, 1.54) is 6.07 Å². The van der Waals surface area contributed by atoms with Gasteiger partial charge in [-0.2, -0.15) is 0 Å². The number of nitrogens with zero attached hydrogens (tertiary/aromatic N) is 1. The van der Waals surface area contributed by atoms with Gasteiger partial charge in [0.15, 0.2) is 0 Å². The highest BCUT2D eigenvalue weighted by atomic mass is 19.1. The Kier molecular flexibility index (Phi) is 4.13. The Morgan fingerprint density at radius 2 is 2.24 bits per heavy atom. The van der Waals surface area contributed by atoms with Gasteiger partial charge in [-0.05, 0) is 38.0 Å². The van der Waals surface area contributed by atoms with Gasteiger partial charge in [-0.3, -0.25) is 4.90 Å². The molecule has 0 amide bonds. The van der Waals surface area contributed by atoms with E-state index in [2.05, 4.69) is 24.1 Å². The van der Waals surface area contributed by atoms with Gasteiger partial charge in [-0.25, -0.2) is 4.39 Å². The van der Waals surface area contributed by atoms with Crippen molar-refractivity contribution in [3.63, 3.8) is 0 Å². The van der Waals surface area contributed by atoms with Crippen molar-refractivity contribution >= 4 is 0 Å². The van der Waals surface area contributed by atoms with E-state index in [9.17, 15) is 4.39 Å². The summed E-state index contributed by atoms with van der Waals surface area (Å²) in [6, 6.07) is 7.82. The van der Waals surface area contributed by atoms with Crippen molar-refractivity contribution in [2.24, 2.45) is 0 Å². The molecule has 0 bridgehead atoms. The fourth-order valence-electron chi connectivity index (χ4n) is 2.39. The first-order valence-electron chi connectivity index (χ1n) is 6.39. The van der Waals surface area contributed by atoms with Crippen molar-refractivity contribution in [2.75, 3.05) is 19.6 Å². The second kappa shape index (κ2) is 5.61. The number of hydrogen-bond acceptors (Lipinski definition) is 2. The molecule has 1 aliphatic heterocycles. The standard InChI is InChI=1S/C14H21FN2/c1-11-6-8-17(9-7-16-11)12(2)13-4-3-5-14(15)10-13/h3-5,10-12,16H,6-9H2,1-2H3. The maximum Gasteiger partial charge on any atom is 0.123 e. The number of benzene rings is 1. The predicted octanol–water partition coefficient (Wildman–Crippen LogP) is 2.57. The number of hydrogen-bond donors (Lipinski definition) is 1. The van der Waals surface area contributed by atoms with Gasteiger partial charge in [0.25, 0.3) is 0 Å². The minimum atomic E-state index is -0.143. The van der Waals surface area contributed by atoms with Crippen molar-refractivity contribution in [3.05, 3.63) is 35.6 Å². The summed E-state index contributed by atoms with van der Waals surface area (Å²) in [5.41, 5.74) is 1.07. The van der Waals surface area contributed by atoms with E-state index in [1.807, 2.05) is 6.07 Å². The van der Waals surface area contributed by atoms with Crippen LogP contribution >= 0.6 is 0 Å². The number of rotatable bonds is 2. The summed E-state index contributed by atoms with van der Waals surface area (Å²) in [4.78, 5) is 2.42. The molecule has 1 N–H and O–H groups in total. The van der Waals surface area contributed by atoms with Crippen molar-refractivity contribution in [3.8, 4) is 0 Å². The van der Waals surface area contributed by atoms with Crippen LogP contribution in [0.4, 0.5) is 4.39 Å². The summed E-state index contributed by atoms with van der Waals surface area (Å²) < 4.78 is 13.2. The largest absolute Gasteiger partial charge is 0.313 e. The Morgan fingerprint density at radius 1 is 1.41 bits per heavy atom. The monoisotopic (exact) mass is 236 g/mol. The van der Waals surface area contributed by atoms with Crippen molar-refractivity contribution in [1.29, 1.82) is 0 Å². The molecular weight excluding hydrogens is 215 g/mol. The van der Waals surface area contributed by atoms with Crippen molar-refractivity contribution < 1.29 is 4.39 Å². The smallest absolute Gasteiger partial charge is 0.123 e. The zero-order valence-corrected chi connectivity index (χ0v) is 10.6. The highest BCUT2D eigenvalue weighted by Crippen LogP contribution is 2.21. The maximum atomic E-state index is 13.2. The summed E-state index contributed by atoms with van der Waals surface area (Å²) >= 11 is 0. The van der Waals surface area contributed by atoms with E-state index < -0.39 is 0 Å². The first-order valence-corrected chi connectivity index (χ1v) is 6.39. The third-order valence-electron chi connectivity index (χ3n) is 3.62. The molecule has 1 heterocycles. The van der Waals surface area contributed by atoms with Crippen LogP contribution in [-0.4, -0.2) is 30.6 Å². The fraction of sp³-hybridized carbons (Fsp3) is 0.571. The van der Waals surface area contributed by atoms with Gasteiger partial charge in [0, 0.05) is 31.7 Å². The molecule has 1 saturated heterocycles. The molecule has 94 valence electrons. The minimum Gasteiger partial charge on any atom is -0.313 e. The van der Waals surface area contributed by atoms with Gasteiger partial charge < -0.3 is 5.32 Å². The van der Waals surface area contributed by atoms with Gasteiger partial charge >= 0.3 is 0 Å². The third kappa shape index (κ3) is 3.27. The van der Waals surface area contributed by atoms with E-state index in [1.54, 1.807) is 12.1 Å². The summed E-state index contributed by atoms with van der Waals surface area (Å²) in [5, 5.41) is 3.48. The lowest BCUT2D eigenvalue weighted by atomic mass is 10.1. The third-order valence-corrected chi connectivity index (χ3v) is 3.62. The highest BCUT2D eigenvalue weighted by molar-refractivity contribution is 5.19. The molecule has 0 saturated carbocycles. The van der Waals surface area contributed by atoms with Crippen LogP contribution in [0.3, 0.4) is 0 Å². The SMILES string of the molecule is CC1CCN(C(C)c2cccc(F)c2)CCN1. The fourth-order valence-corrected chi connectivity index (χ4v) is 2.39. The number of nitrogens with one attached hydrogen (secondary N) is 1. The molecule has 2 atom stereocenters. The molecule has 17 heavy (non-hydrogen) atoms. The average molecular weight is 236 g/mol. The highest BCUT2D eigenvalue weighted by Gasteiger charge is 2.19. The summed E-state index contributed by atoms with van der Waals surface area (Å²) in [5.74, 6) is -0.143. The van der Waals surface area contributed by atoms with Crippen LogP contribution < -0.4 is 5.32 Å². The van der Waals surface area contributed by atoms with Crippen LogP contribution in [0.15, 0.2) is 24.3 Å². The quantitative estimate of drug-likeness (QED) is 0.849. The average Bonchev–Trinajstić information content (AvgIpc) is 2.53. The predicted molar refractivity (Wildman–Crippen MR) is 68.5 cm³/mol. The van der Waals surface area contributed by atoms with Crippen molar-refractivity contribution in [1.82, 2.24) is 10.2 Å². The molecule has 1 fully saturated rings. The van der Waals surface area contributed by atoms with Crippen LogP contribution in [0, 0.1) is 5.82 Å². The molecule has 0 aliphatic carbocycles. The molecular formula is C14H21FN2. The molecule has 2 unspecified atom stereocenters. The Morgan fingerprint density at radius 3 is 3.00 bits per heavy atom. The molecule has 1 aromatic carbocycles. The first-order chi connectivity index (χ1) is 8.16. The topological polar surface area (TPSA) is 15.3 Å². The zero-order valence-electron chi connectivity index (χ0n) is 10.6.